The molecule has 0 bridgehead atoms. The SMILES string of the molecule is c1ccc(-c2c3ccccc3c(-c3ccccc3)c3cc(-c4ccc(-c5cc(-c6ccc7ccccc7c6)nc(-c6ccc7ccccc7c6)c5)cc4)ccc23)cc1. The van der Waals surface area contributed by atoms with Gasteiger partial charge in [-0.15, -0.1) is 0 Å². The van der Waals surface area contributed by atoms with Gasteiger partial charge in [0.1, 0.15) is 0 Å². The van der Waals surface area contributed by atoms with Gasteiger partial charge in [-0.3, -0.25) is 0 Å². The van der Waals surface area contributed by atoms with Crippen LogP contribution in [0.4, 0.5) is 0 Å². The molecule has 0 saturated heterocycles. The molecule has 11 aromatic rings. The summed E-state index contributed by atoms with van der Waals surface area (Å²) in [5.41, 5.74) is 13.8. The van der Waals surface area contributed by atoms with Crippen molar-refractivity contribution in [1.82, 2.24) is 4.98 Å². The highest BCUT2D eigenvalue weighted by Gasteiger charge is 2.18. The third kappa shape index (κ3) is 6.02. The van der Waals surface area contributed by atoms with E-state index in [9.17, 15) is 0 Å². The molecule has 10 aromatic carbocycles. The van der Waals surface area contributed by atoms with Crippen molar-refractivity contribution in [2.24, 2.45) is 0 Å². The van der Waals surface area contributed by atoms with Crippen molar-refractivity contribution in [3.05, 3.63) is 224 Å². The van der Waals surface area contributed by atoms with E-state index in [1.165, 1.54) is 76.5 Å². The predicted octanol–water partition coefficient (Wildman–Crippen LogP) is 15.7. The fraction of sp³-hybridized carbons (Fsp3) is 0. The van der Waals surface area contributed by atoms with Crippen LogP contribution in [0.3, 0.4) is 0 Å². The van der Waals surface area contributed by atoms with Gasteiger partial charge in [-0.1, -0.05) is 194 Å². The molecule has 0 amide bonds. The molecule has 0 aliphatic rings. The first-order valence-corrected chi connectivity index (χ1v) is 19.9. The monoisotopic (exact) mass is 735 g/mol. The maximum Gasteiger partial charge on any atom is 0.0715 e. The van der Waals surface area contributed by atoms with Gasteiger partial charge in [-0.05, 0) is 118 Å². The van der Waals surface area contributed by atoms with Crippen LogP contribution in [0.2, 0.25) is 0 Å². The van der Waals surface area contributed by atoms with Crippen molar-refractivity contribution in [1.29, 1.82) is 0 Å². The number of benzene rings is 10. The minimum atomic E-state index is 0.958. The first kappa shape index (κ1) is 33.7. The Kier molecular flexibility index (Phi) is 8.23. The van der Waals surface area contributed by atoms with Gasteiger partial charge in [0.2, 0.25) is 0 Å². The minimum Gasteiger partial charge on any atom is -0.248 e. The summed E-state index contributed by atoms with van der Waals surface area (Å²) >= 11 is 0. The van der Waals surface area contributed by atoms with E-state index in [2.05, 4.69) is 224 Å². The van der Waals surface area contributed by atoms with E-state index in [4.69, 9.17) is 4.98 Å². The molecule has 0 fully saturated rings. The number of hydrogen-bond acceptors (Lipinski definition) is 1. The van der Waals surface area contributed by atoms with E-state index in [0.717, 1.165) is 33.6 Å². The molecule has 0 aliphatic carbocycles. The predicted molar refractivity (Wildman–Crippen MR) is 247 cm³/mol. The van der Waals surface area contributed by atoms with Gasteiger partial charge in [0, 0.05) is 11.1 Å². The summed E-state index contributed by atoms with van der Waals surface area (Å²) in [5, 5.41) is 9.89. The highest BCUT2D eigenvalue weighted by atomic mass is 14.7. The summed E-state index contributed by atoms with van der Waals surface area (Å²) in [5.74, 6) is 0. The lowest BCUT2D eigenvalue weighted by Crippen LogP contribution is -1.92. The highest BCUT2D eigenvalue weighted by molar-refractivity contribution is 6.22. The van der Waals surface area contributed by atoms with E-state index in [1.54, 1.807) is 0 Å². The van der Waals surface area contributed by atoms with Gasteiger partial charge in [-0.25, -0.2) is 4.98 Å². The largest absolute Gasteiger partial charge is 0.248 e. The van der Waals surface area contributed by atoms with Crippen LogP contribution in [0, 0.1) is 0 Å². The summed E-state index contributed by atoms with van der Waals surface area (Å²) < 4.78 is 0. The van der Waals surface area contributed by atoms with Gasteiger partial charge in [0.05, 0.1) is 11.4 Å². The summed E-state index contributed by atoms with van der Waals surface area (Å²) in [4.78, 5) is 5.29. The van der Waals surface area contributed by atoms with Crippen LogP contribution >= 0.6 is 0 Å². The normalized spacial score (nSPS) is 11.4. The molecule has 0 N–H and O–H groups in total. The number of nitrogens with zero attached hydrogens (tertiary/aromatic N) is 1. The Balaban J connectivity index is 1.05. The van der Waals surface area contributed by atoms with E-state index in [1.807, 2.05) is 0 Å². The molecule has 58 heavy (non-hydrogen) atoms. The zero-order valence-corrected chi connectivity index (χ0v) is 31.8. The second kappa shape index (κ2) is 14.2. The molecule has 0 aliphatic heterocycles. The zero-order chi connectivity index (χ0) is 38.4. The van der Waals surface area contributed by atoms with Gasteiger partial charge in [0.25, 0.3) is 0 Å². The Bertz CT molecular complexity index is 3210. The lowest BCUT2D eigenvalue weighted by atomic mass is 9.85. The second-order valence-electron chi connectivity index (χ2n) is 15.1. The molecule has 1 aromatic heterocycles. The summed E-state index contributed by atoms with van der Waals surface area (Å²) in [7, 11) is 0. The van der Waals surface area contributed by atoms with Crippen molar-refractivity contribution in [2.75, 3.05) is 0 Å². The fourth-order valence-electron chi connectivity index (χ4n) is 8.74. The third-order valence-corrected chi connectivity index (χ3v) is 11.6. The molecule has 0 spiro atoms. The van der Waals surface area contributed by atoms with E-state index >= 15 is 0 Å². The topological polar surface area (TPSA) is 12.9 Å². The van der Waals surface area contributed by atoms with Gasteiger partial charge < -0.3 is 0 Å². The van der Waals surface area contributed by atoms with Gasteiger partial charge >= 0.3 is 0 Å². The minimum absolute atomic E-state index is 0.958. The van der Waals surface area contributed by atoms with E-state index in [-0.39, 0.29) is 0 Å². The lowest BCUT2D eigenvalue weighted by Gasteiger charge is -2.18. The quantitative estimate of drug-likeness (QED) is 0.155. The number of rotatable bonds is 6. The van der Waals surface area contributed by atoms with Crippen LogP contribution in [-0.4, -0.2) is 4.98 Å². The Labute approximate surface area is 338 Å². The number of hydrogen-bond donors (Lipinski definition) is 0. The molecule has 1 nitrogen and oxygen atoms in total. The van der Waals surface area contributed by atoms with Crippen LogP contribution in [-0.2, 0) is 0 Å². The average molecular weight is 736 g/mol. The molecule has 0 unspecified atom stereocenters. The van der Waals surface area contributed by atoms with Crippen LogP contribution in [0.1, 0.15) is 0 Å². The molecule has 1 heteroatoms. The number of aromatic nitrogens is 1. The maximum atomic E-state index is 5.29. The molecular weight excluding hydrogens is 699 g/mol. The van der Waals surface area contributed by atoms with Crippen molar-refractivity contribution >= 4 is 43.1 Å². The summed E-state index contributed by atoms with van der Waals surface area (Å²) in [6.45, 7) is 0. The summed E-state index contributed by atoms with van der Waals surface area (Å²) in [6, 6.07) is 81.4. The Morgan fingerprint density at radius 1 is 0.207 bits per heavy atom. The fourth-order valence-corrected chi connectivity index (χ4v) is 8.74. The highest BCUT2D eigenvalue weighted by Crippen LogP contribution is 2.45. The Hall–Kier alpha value is -7.61. The number of pyridine rings is 1. The summed E-state index contributed by atoms with van der Waals surface area (Å²) in [6.07, 6.45) is 0. The van der Waals surface area contributed by atoms with Crippen molar-refractivity contribution in [3.63, 3.8) is 0 Å². The van der Waals surface area contributed by atoms with Crippen LogP contribution in [0.25, 0.3) is 110 Å². The van der Waals surface area contributed by atoms with Crippen molar-refractivity contribution < 1.29 is 0 Å². The zero-order valence-electron chi connectivity index (χ0n) is 31.8. The average Bonchev–Trinajstić information content (AvgIpc) is 3.30. The third-order valence-electron chi connectivity index (χ3n) is 11.6. The van der Waals surface area contributed by atoms with Gasteiger partial charge in [-0.2, -0.15) is 0 Å². The maximum absolute atomic E-state index is 5.29. The molecule has 1 heterocycles. The van der Waals surface area contributed by atoms with Gasteiger partial charge in [0.15, 0.2) is 0 Å². The van der Waals surface area contributed by atoms with Crippen molar-refractivity contribution in [2.45, 2.75) is 0 Å². The van der Waals surface area contributed by atoms with E-state index in [0.29, 0.717) is 0 Å². The Morgan fingerprint density at radius 2 is 0.603 bits per heavy atom. The number of fused-ring (bicyclic) bond motifs is 4. The lowest BCUT2D eigenvalue weighted by molar-refractivity contribution is 1.33. The first-order chi connectivity index (χ1) is 28.7. The standard InChI is InChI=1S/C57H37N/c1-3-15-42(16-4-1)56-50-21-11-12-22-51(50)57(43-17-5-2-6-18-43)53-35-46(31-32-52(53)56)40-23-25-41(26-24-40)49-36-54(47-29-27-38-13-7-9-19-44(38)33-47)58-55(37-49)48-30-28-39-14-8-10-20-45(39)34-48/h1-37H. The van der Waals surface area contributed by atoms with Crippen molar-refractivity contribution in [3.8, 4) is 67.0 Å². The van der Waals surface area contributed by atoms with E-state index < -0.39 is 0 Å². The molecule has 270 valence electrons. The van der Waals surface area contributed by atoms with Crippen LogP contribution < -0.4 is 0 Å². The van der Waals surface area contributed by atoms with Crippen LogP contribution in [0.15, 0.2) is 224 Å². The molecule has 0 saturated carbocycles. The Morgan fingerprint density at radius 3 is 1.14 bits per heavy atom. The first-order valence-electron chi connectivity index (χ1n) is 19.9. The molecule has 0 radical (unpaired) electrons. The smallest absolute Gasteiger partial charge is 0.0715 e. The molecular formula is C57H37N. The molecule has 0 atom stereocenters. The molecule has 11 rings (SSSR count). The second-order valence-corrected chi connectivity index (χ2v) is 15.1. The van der Waals surface area contributed by atoms with Crippen LogP contribution in [0.5, 0.6) is 0 Å².